The number of rotatable bonds is 3. The van der Waals surface area contributed by atoms with Crippen molar-refractivity contribution >= 4 is 57.8 Å². The molecule has 2 aliphatic heterocycles. The van der Waals surface area contributed by atoms with Gasteiger partial charge in [0.25, 0.3) is 0 Å². The summed E-state index contributed by atoms with van der Waals surface area (Å²) in [5.74, 6) is -0.113. The third-order valence-electron chi connectivity index (χ3n) is 6.11. The highest BCUT2D eigenvalue weighted by Crippen LogP contribution is 2.50. The van der Waals surface area contributed by atoms with Crippen molar-refractivity contribution in [3.63, 3.8) is 0 Å². The molecule has 2 bridgehead atoms. The summed E-state index contributed by atoms with van der Waals surface area (Å²) in [5, 5.41) is 8.05. The van der Waals surface area contributed by atoms with Gasteiger partial charge in [0.05, 0.1) is 6.04 Å². The minimum Gasteiger partial charge on any atom is -0.467 e. The summed E-state index contributed by atoms with van der Waals surface area (Å²) in [7, 11) is 0. The van der Waals surface area contributed by atoms with Gasteiger partial charge in [0.2, 0.25) is 5.91 Å². The van der Waals surface area contributed by atoms with Crippen molar-refractivity contribution in [1.82, 2.24) is 5.32 Å². The molecule has 0 saturated carbocycles. The second-order valence-electron chi connectivity index (χ2n) is 8.41. The summed E-state index contributed by atoms with van der Waals surface area (Å²) in [6, 6.07) is 20.0. The number of hydrogen-bond donors (Lipinski definition) is 2. The van der Waals surface area contributed by atoms with Gasteiger partial charge >= 0.3 is 0 Å². The molecule has 3 aromatic rings. The molecular weight excluding hydrogens is 477 g/mol. The Hall–Kier alpha value is -2.80. The van der Waals surface area contributed by atoms with Crippen LogP contribution in [0.1, 0.15) is 24.1 Å². The number of nitrogens with one attached hydrogen (secondary N) is 2. The molecule has 1 saturated heterocycles. The highest BCUT2D eigenvalue weighted by atomic mass is 35.5. The van der Waals surface area contributed by atoms with Crippen molar-refractivity contribution in [3.8, 4) is 5.75 Å². The van der Waals surface area contributed by atoms with Crippen LogP contribution in [-0.2, 0) is 4.79 Å². The van der Waals surface area contributed by atoms with Crippen molar-refractivity contribution in [2.75, 3.05) is 10.2 Å². The van der Waals surface area contributed by atoms with Gasteiger partial charge in [-0.05, 0) is 74.6 Å². The zero-order valence-corrected chi connectivity index (χ0v) is 20.3. The minimum absolute atomic E-state index is 0.195. The lowest BCUT2D eigenvalue weighted by Crippen LogP contribution is -2.72. The van der Waals surface area contributed by atoms with E-state index in [-0.39, 0.29) is 11.9 Å². The summed E-state index contributed by atoms with van der Waals surface area (Å²) >= 11 is 18.1. The molecule has 2 aliphatic rings. The van der Waals surface area contributed by atoms with E-state index in [0.717, 1.165) is 16.8 Å². The van der Waals surface area contributed by atoms with Crippen molar-refractivity contribution in [2.24, 2.45) is 5.92 Å². The number of nitrogens with zero attached hydrogens (tertiary/aromatic N) is 1. The molecule has 0 unspecified atom stereocenters. The second-order valence-corrected chi connectivity index (χ2v) is 9.67. The number of carbonyl (C=O) groups is 1. The number of carbonyl (C=O) groups excluding carboxylic acids is 1. The first-order valence-electron chi connectivity index (χ1n) is 10.5. The normalized spacial score (nSPS) is 23.3. The number of fused-ring (bicyclic) bond motifs is 4. The fourth-order valence-electron chi connectivity index (χ4n) is 4.66. The van der Waals surface area contributed by atoms with Crippen LogP contribution in [0.4, 0.5) is 11.4 Å². The first kappa shape index (κ1) is 22.0. The Kier molecular flexibility index (Phi) is 5.47. The standard InChI is InChI=1S/C25H21Cl2N3O2S/c1-14-6-11-20-19(12-14)22-21(23(31)28-17-9-7-15(26)8-10-17)25(2,32-20)30(24(33)29-22)18-5-3-4-16(27)13-18/h3-13,21-22H,1-2H3,(H,28,31)(H,29,33)/t21-,22-,25-/m0/s1. The molecule has 3 atom stereocenters. The van der Waals surface area contributed by atoms with Gasteiger partial charge in [-0.25, -0.2) is 0 Å². The van der Waals surface area contributed by atoms with Crippen molar-refractivity contribution < 1.29 is 9.53 Å². The van der Waals surface area contributed by atoms with E-state index in [1.165, 1.54) is 0 Å². The fraction of sp³-hybridized carbons (Fsp3) is 0.200. The lowest BCUT2D eigenvalue weighted by Gasteiger charge is -2.56. The van der Waals surface area contributed by atoms with E-state index < -0.39 is 11.6 Å². The molecule has 8 heteroatoms. The van der Waals surface area contributed by atoms with E-state index >= 15 is 0 Å². The van der Waals surface area contributed by atoms with E-state index in [2.05, 4.69) is 10.6 Å². The number of halogens is 2. The highest BCUT2D eigenvalue weighted by molar-refractivity contribution is 7.80. The number of ether oxygens (including phenoxy) is 1. The average molecular weight is 498 g/mol. The number of hydrogen-bond acceptors (Lipinski definition) is 3. The van der Waals surface area contributed by atoms with Gasteiger partial charge in [-0.3, -0.25) is 9.69 Å². The summed E-state index contributed by atoms with van der Waals surface area (Å²) in [6.45, 7) is 3.90. The van der Waals surface area contributed by atoms with Gasteiger partial charge in [0.15, 0.2) is 10.8 Å². The lowest BCUT2D eigenvalue weighted by atomic mass is 9.78. The number of benzene rings is 3. The Morgan fingerprint density at radius 1 is 1.09 bits per heavy atom. The van der Waals surface area contributed by atoms with Crippen LogP contribution in [0, 0.1) is 12.8 Å². The van der Waals surface area contributed by atoms with Gasteiger partial charge in [-0.15, -0.1) is 0 Å². The van der Waals surface area contributed by atoms with E-state index in [4.69, 9.17) is 40.2 Å². The molecule has 0 radical (unpaired) electrons. The number of thiocarbonyl (C=S) groups is 1. The molecule has 1 fully saturated rings. The third-order valence-corrected chi connectivity index (χ3v) is 6.90. The topological polar surface area (TPSA) is 53.6 Å². The summed E-state index contributed by atoms with van der Waals surface area (Å²) in [5.41, 5.74) is 2.26. The number of aryl methyl sites for hydroxylation is 1. The fourth-order valence-corrected chi connectivity index (χ4v) is 5.38. The van der Waals surface area contributed by atoms with Gasteiger partial charge in [-0.1, -0.05) is 47.0 Å². The third kappa shape index (κ3) is 3.82. The monoisotopic (exact) mass is 497 g/mol. The Morgan fingerprint density at radius 2 is 1.85 bits per heavy atom. The first-order valence-corrected chi connectivity index (χ1v) is 11.6. The molecule has 5 nitrogen and oxygen atoms in total. The van der Waals surface area contributed by atoms with Crippen molar-refractivity contribution in [2.45, 2.75) is 25.6 Å². The minimum atomic E-state index is -1.10. The van der Waals surface area contributed by atoms with Gasteiger partial charge < -0.3 is 15.4 Å². The van der Waals surface area contributed by atoms with E-state index in [9.17, 15) is 4.79 Å². The molecule has 33 heavy (non-hydrogen) atoms. The molecule has 3 aromatic carbocycles. The molecule has 1 amide bonds. The SMILES string of the molecule is Cc1ccc2c(c1)[C@@H]1NC(=S)N(c3cccc(Cl)c3)[C@@](C)(O2)[C@@H]1C(=O)Nc1ccc(Cl)cc1. The summed E-state index contributed by atoms with van der Waals surface area (Å²) in [6.07, 6.45) is 0. The van der Waals surface area contributed by atoms with Crippen LogP contribution in [0.25, 0.3) is 0 Å². The second kappa shape index (κ2) is 8.20. The average Bonchev–Trinajstić information content (AvgIpc) is 2.75. The Morgan fingerprint density at radius 3 is 2.58 bits per heavy atom. The van der Waals surface area contributed by atoms with Gasteiger partial charge in [0.1, 0.15) is 11.7 Å². The first-order chi connectivity index (χ1) is 15.8. The van der Waals surface area contributed by atoms with Gasteiger partial charge in [-0.2, -0.15) is 0 Å². The molecule has 168 valence electrons. The van der Waals surface area contributed by atoms with E-state index in [0.29, 0.717) is 26.6 Å². The lowest BCUT2D eigenvalue weighted by molar-refractivity contribution is -0.130. The van der Waals surface area contributed by atoms with Crippen LogP contribution in [0.5, 0.6) is 5.75 Å². The molecule has 2 N–H and O–H groups in total. The van der Waals surface area contributed by atoms with Gasteiger partial charge in [0, 0.05) is 27.0 Å². The maximum absolute atomic E-state index is 13.8. The number of anilines is 2. The summed E-state index contributed by atoms with van der Waals surface area (Å²) in [4.78, 5) is 15.6. The number of amides is 1. The largest absolute Gasteiger partial charge is 0.467 e. The zero-order chi connectivity index (χ0) is 23.3. The van der Waals surface area contributed by atoms with E-state index in [1.54, 1.807) is 30.3 Å². The molecule has 0 spiro atoms. The molecular formula is C25H21Cl2N3O2S. The molecule has 0 aliphatic carbocycles. The van der Waals surface area contributed by atoms with Crippen LogP contribution in [0.2, 0.25) is 10.0 Å². The smallest absolute Gasteiger partial charge is 0.236 e. The highest BCUT2D eigenvalue weighted by Gasteiger charge is 2.59. The molecule has 2 heterocycles. The van der Waals surface area contributed by atoms with Crippen molar-refractivity contribution in [1.29, 1.82) is 0 Å². The quantitative estimate of drug-likeness (QED) is 0.428. The van der Waals surface area contributed by atoms with E-state index in [1.807, 2.05) is 55.1 Å². The Bertz CT molecular complexity index is 1270. The Labute approximate surface area is 207 Å². The van der Waals surface area contributed by atoms with Crippen LogP contribution in [0.3, 0.4) is 0 Å². The molecule has 5 rings (SSSR count). The summed E-state index contributed by atoms with van der Waals surface area (Å²) < 4.78 is 6.59. The Balaban J connectivity index is 1.63. The predicted molar refractivity (Wildman–Crippen MR) is 136 cm³/mol. The van der Waals surface area contributed by atoms with Crippen LogP contribution in [0.15, 0.2) is 66.7 Å². The predicted octanol–water partition coefficient (Wildman–Crippen LogP) is 6.10. The maximum Gasteiger partial charge on any atom is 0.236 e. The zero-order valence-electron chi connectivity index (χ0n) is 17.9. The van der Waals surface area contributed by atoms with Crippen LogP contribution >= 0.6 is 35.4 Å². The maximum atomic E-state index is 13.8. The van der Waals surface area contributed by atoms with Crippen molar-refractivity contribution in [3.05, 3.63) is 87.9 Å². The van der Waals surface area contributed by atoms with Crippen LogP contribution < -0.4 is 20.3 Å². The molecule has 0 aromatic heterocycles. The van der Waals surface area contributed by atoms with Crippen LogP contribution in [-0.4, -0.2) is 16.7 Å².